The molecule has 0 saturated carbocycles. The van der Waals surface area contributed by atoms with Gasteiger partial charge in [-0.25, -0.2) is 0 Å². The lowest BCUT2D eigenvalue weighted by Gasteiger charge is -2.35. The molecule has 2 nitrogen and oxygen atoms in total. The van der Waals surface area contributed by atoms with Gasteiger partial charge in [-0.05, 0) is 49.4 Å². The maximum Gasteiger partial charge on any atom is 0.0473 e. The van der Waals surface area contributed by atoms with Crippen LogP contribution in [0.1, 0.15) is 43.9 Å². The molecule has 0 bridgehead atoms. The molecule has 2 N–H and O–H groups in total. The fraction of sp³-hybridized carbons (Fsp3) is 0.625. The molecule has 1 fully saturated rings. The van der Waals surface area contributed by atoms with E-state index in [-0.39, 0.29) is 0 Å². The van der Waals surface area contributed by atoms with Crippen molar-refractivity contribution >= 4 is 15.9 Å². The van der Waals surface area contributed by atoms with Gasteiger partial charge in [0.05, 0.1) is 0 Å². The zero-order valence-electron chi connectivity index (χ0n) is 12.2. The van der Waals surface area contributed by atoms with Crippen molar-refractivity contribution in [3.8, 4) is 0 Å². The molecule has 106 valence electrons. The predicted molar refractivity (Wildman–Crippen MR) is 85.2 cm³/mol. The SMILES string of the molecule is Cc1cc(C(CN)N2CCCC2C(C)C)ccc1Br. The summed E-state index contributed by atoms with van der Waals surface area (Å²) in [6, 6.07) is 7.68. The van der Waals surface area contributed by atoms with Crippen molar-refractivity contribution in [2.24, 2.45) is 11.7 Å². The van der Waals surface area contributed by atoms with Gasteiger partial charge in [-0.1, -0.05) is 41.9 Å². The Labute approximate surface area is 125 Å². The third kappa shape index (κ3) is 3.21. The summed E-state index contributed by atoms with van der Waals surface area (Å²) in [6.45, 7) is 8.67. The molecule has 0 amide bonds. The zero-order valence-corrected chi connectivity index (χ0v) is 13.8. The Morgan fingerprint density at radius 1 is 1.42 bits per heavy atom. The summed E-state index contributed by atoms with van der Waals surface area (Å²) in [5, 5.41) is 0. The van der Waals surface area contributed by atoms with Crippen LogP contribution in [-0.4, -0.2) is 24.0 Å². The molecule has 2 atom stereocenters. The third-order valence-electron chi connectivity index (χ3n) is 4.30. The smallest absolute Gasteiger partial charge is 0.0473 e. The Balaban J connectivity index is 2.26. The van der Waals surface area contributed by atoms with Gasteiger partial charge in [-0.2, -0.15) is 0 Å². The number of halogens is 1. The minimum absolute atomic E-state index is 0.363. The van der Waals surface area contributed by atoms with Crippen LogP contribution < -0.4 is 5.73 Å². The Bertz CT molecular complexity index is 431. The molecule has 1 aliphatic heterocycles. The quantitative estimate of drug-likeness (QED) is 0.910. The fourth-order valence-corrected chi connectivity index (χ4v) is 3.50. The van der Waals surface area contributed by atoms with E-state index in [1.54, 1.807) is 0 Å². The van der Waals surface area contributed by atoms with Gasteiger partial charge in [0.2, 0.25) is 0 Å². The second-order valence-corrected chi connectivity index (χ2v) is 6.81. The topological polar surface area (TPSA) is 29.3 Å². The van der Waals surface area contributed by atoms with E-state index < -0.39 is 0 Å². The molecule has 0 aliphatic carbocycles. The highest BCUT2D eigenvalue weighted by atomic mass is 79.9. The Kier molecular flexibility index (Phi) is 5.04. The first-order valence-electron chi connectivity index (χ1n) is 7.26. The van der Waals surface area contributed by atoms with E-state index in [1.165, 1.54) is 35.0 Å². The molecular weight excluding hydrogens is 300 g/mol. The minimum atomic E-state index is 0.363. The summed E-state index contributed by atoms with van der Waals surface area (Å²) < 4.78 is 1.17. The fourth-order valence-electron chi connectivity index (χ4n) is 3.26. The Hall–Kier alpha value is -0.380. The van der Waals surface area contributed by atoms with Gasteiger partial charge < -0.3 is 5.73 Å². The van der Waals surface area contributed by atoms with Crippen LogP contribution in [0.2, 0.25) is 0 Å². The van der Waals surface area contributed by atoms with Gasteiger partial charge >= 0.3 is 0 Å². The molecule has 0 radical (unpaired) electrons. The summed E-state index contributed by atoms with van der Waals surface area (Å²) in [4.78, 5) is 2.62. The van der Waals surface area contributed by atoms with Crippen LogP contribution in [0.25, 0.3) is 0 Å². The number of hydrogen-bond donors (Lipinski definition) is 1. The van der Waals surface area contributed by atoms with Crippen molar-refractivity contribution in [2.45, 2.75) is 45.7 Å². The van der Waals surface area contributed by atoms with Crippen LogP contribution in [0, 0.1) is 12.8 Å². The molecule has 0 aromatic heterocycles. The zero-order chi connectivity index (χ0) is 14.0. The van der Waals surface area contributed by atoms with Crippen molar-refractivity contribution in [3.05, 3.63) is 33.8 Å². The molecule has 1 aromatic rings. The van der Waals surface area contributed by atoms with E-state index in [4.69, 9.17) is 5.73 Å². The first kappa shape index (κ1) is 15.0. The number of likely N-dealkylation sites (tertiary alicyclic amines) is 1. The van der Waals surface area contributed by atoms with E-state index in [9.17, 15) is 0 Å². The molecule has 2 unspecified atom stereocenters. The second kappa shape index (κ2) is 6.38. The summed E-state index contributed by atoms with van der Waals surface area (Å²) in [5.74, 6) is 0.702. The average molecular weight is 325 g/mol. The van der Waals surface area contributed by atoms with E-state index in [0.29, 0.717) is 24.5 Å². The largest absolute Gasteiger partial charge is 0.329 e. The van der Waals surface area contributed by atoms with Crippen molar-refractivity contribution in [1.29, 1.82) is 0 Å². The Morgan fingerprint density at radius 2 is 2.16 bits per heavy atom. The van der Waals surface area contributed by atoms with Crippen LogP contribution in [0.5, 0.6) is 0 Å². The van der Waals surface area contributed by atoms with Gasteiger partial charge in [-0.15, -0.1) is 0 Å². The van der Waals surface area contributed by atoms with Crippen LogP contribution >= 0.6 is 15.9 Å². The molecule has 1 heterocycles. The minimum Gasteiger partial charge on any atom is -0.329 e. The molecule has 1 aromatic carbocycles. The summed E-state index contributed by atoms with van der Waals surface area (Å²) in [6.07, 6.45) is 2.61. The third-order valence-corrected chi connectivity index (χ3v) is 5.19. The second-order valence-electron chi connectivity index (χ2n) is 5.95. The molecule has 2 rings (SSSR count). The molecule has 1 aliphatic rings. The number of nitrogens with two attached hydrogens (primary N) is 1. The lowest BCUT2D eigenvalue weighted by atomic mass is 9.97. The van der Waals surface area contributed by atoms with Gasteiger partial charge in [0.1, 0.15) is 0 Å². The van der Waals surface area contributed by atoms with Crippen molar-refractivity contribution in [1.82, 2.24) is 4.90 Å². The maximum absolute atomic E-state index is 6.08. The average Bonchev–Trinajstić information content (AvgIpc) is 2.84. The summed E-state index contributed by atoms with van der Waals surface area (Å²) >= 11 is 3.57. The van der Waals surface area contributed by atoms with E-state index in [2.05, 4.69) is 59.8 Å². The Morgan fingerprint density at radius 3 is 2.74 bits per heavy atom. The number of nitrogens with zero attached hydrogens (tertiary/aromatic N) is 1. The molecule has 1 saturated heterocycles. The monoisotopic (exact) mass is 324 g/mol. The van der Waals surface area contributed by atoms with Gasteiger partial charge in [0, 0.05) is 23.1 Å². The van der Waals surface area contributed by atoms with Crippen molar-refractivity contribution in [3.63, 3.8) is 0 Å². The molecule has 19 heavy (non-hydrogen) atoms. The predicted octanol–water partition coefficient (Wildman–Crippen LogP) is 3.88. The van der Waals surface area contributed by atoms with Crippen LogP contribution in [0.3, 0.4) is 0 Å². The van der Waals surface area contributed by atoms with Gasteiger partial charge in [-0.3, -0.25) is 4.90 Å². The molecule has 0 spiro atoms. The van der Waals surface area contributed by atoms with Gasteiger partial charge in [0.15, 0.2) is 0 Å². The number of rotatable bonds is 4. The lowest BCUT2D eigenvalue weighted by Crippen LogP contribution is -2.40. The summed E-state index contributed by atoms with van der Waals surface area (Å²) in [5.41, 5.74) is 8.73. The van der Waals surface area contributed by atoms with Gasteiger partial charge in [0.25, 0.3) is 0 Å². The number of benzene rings is 1. The highest BCUT2D eigenvalue weighted by Crippen LogP contribution is 2.33. The van der Waals surface area contributed by atoms with E-state index >= 15 is 0 Å². The molecular formula is C16H25BrN2. The lowest BCUT2D eigenvalue weighted by molar-refractivity contribution is 0.149. The molecule has 3 heteroatoms. The van der Waals surface area contributed by atoms with E-state index in [1.807, 2.05) is 0 Å². The maximum atomic E-state index is 6.08. The first-order valence-corrected chi connectivity index (χ1v) is 8.05. The first-order chi connectivity index (χ1) is 9.04. The summed E-state index contributed by atoms with van der Waals surface area (Å²) in [7, 11) is 0. The van der Waals surface area contributed by atoms with Crippen LogP contribution in [0.4, 0.5) is 0 Å². The standard InChI is InChI=1S/C16H25BrN2/c1-11(2)15-5-4-8-19(15)16(10-18)13-6-7-14(17)12(3)9-13/h6-7,9,11,15-16H,4-5,8,10,18H2,1-3H3. The van der Waals surface area contributed by atoms with E-state index in [0.717, 1.165) is 0 Å². The van der Waals surface area contributed by atoms with Crippen LogP contribution in [0.15, 0.2) is 22.7 Å². The van der Waals surface area contributed by atoms with Crippen LogP contribution in [-0.2, 0) is 0 Å². The highest BCUT2D eigenvalue weighted by molar-refractivity contribution is 9.10. The number of aryl methyl sites for hydroxylation is 1. The number of hydrogen-bond acceptors (Lipinski definition) is 2. The normalized spacial score (nSPS) is 22.1. The highest BCUT2D eigenvalue weighted by Gasteiger charge is 2.32. The van der Waals surface area contributed by atoms with Crippen molar-refractivity contribution < 1.29 is 0 Å². The van der Waals surface area contributed by atoms with Crippen molar-refractivity contribution in [2.75, 3.05) is 13.1 Å².